The summed E-state index contributed by atoms with van der Waals surface area (Å²) in [6.45, 7) is 4.99. The van der Waals surface area contributed by atoms with Gasteiger partial charge in [0.05, 0.1) is 5.41 Å². The van der Waals surface area contributed by atoms with Gasteiger partial charge in [-0.3, -0.25) is 9.59 Å². The second kappa shape index (κ2) is 8.88. The first-order valence-electron chi connectivity index (χ1n) is 9.64. The molecule has 150 valence electrons. The number of nitrogens with one attached hydrogen (secondary N) is 1. The molecule has 1 aromatic carbocycles. The maximum atomic E-state index is 13.1. The van der Waals surface area contributed by atoms with Gasteiger partial charge in [0, 0.05) is 31.1 Å². The van der Waals surface area contributed by atoms with Gasteiger partial charge in [0.15, 0.2) is 0 Å². The molecule has 0 saturated carbocycles. The number of methoxy groups -OCH3 is 1. The molecule has 1 atom stereocenters. The fraction of sp³-hybridized carbons (Fsp3) is 0.455. The second-order valence-electron chi connectivity index (χ2n) is 7.76. The summed E-state index contributed by atoms with van der Waals surface area (Å²) in [6.07, 6.45) is 1.28. The Balaban J connectivity index is 1.80. The summed E-state index contributed by atoms with van der Waals surface area (Å²) in [6, 6.07) is 12.6. The summed E-state index contributed by atoms with van der Waals surface area (Å²) in [5, 5.41) is 5.13. The van der Waals surface area contributed by atoms with Crippen molar-refractivity contribution in [3.63, 3.8) is 0 Å². The first kappa shape index (κ1) is 20.6. The third-order valence-electron chi connectivity index (χ3n) is 5.18. The molecule has 3 rings (SSSR count). The highest BCUT2D eigenvalue weighted by Gasteiger charge is 2.46. The average molecular weight is 401 g/mol. The Bertz CT molecular complexity index is 802. The van der Waals surface area contributed by atoms with Crippen LogP contribution in [0, 0.1) is 5.41 Å². The molecule has 1 N–H and O–H groups in total. The number of likely N-dealkylation sites (tertiary alicyclic amines) is 1. The highest BCUT2D eigenvalue weighted by Crippen LogP contribution is 2.36. The van der Waals surface area contributed by atoms with E-state index in [9.17, 15) is 9.59 Å². The minimum absolute atomic E-state index is 0.0255. The van der Waals surface area contributed by atoms with E-state index in [1.165, 1.54) is 17.6 Å². The van der Waals surface area contributed by atoms with Crippen molar-refractivity contribution in [1.82, 2.24) is 10.2 Å². The number of ether oxygens (including phenoxy) is 1. The summed E-state index contributed by atoms with van der Waals surface area (Å²) >= 11 is 1.71. The van der Waals surface area contributed by atoms with Crippen LogP contribution >= 0.6 is 11.3 Å². The van der Waals surface area contributed by atoms with E-state index in [1.807, 2.05) is 19.9 Å². The van der Waals surface area contributed by atoms with E-state index in [1.54, 1.807) is 16.2 Å². The van der Waals surface area contributed by atoms with Gasteiger partial charge < -0.3 is 15.0 Å². The number of benzene rings is 1. The topological polar surface area (TPSA) is 58.6 Å². The van der Waals surface area contributed by atoms with Gasteiger partial charge in [-0.15, -0.1) is 11.3 Å². The third-order valence-corrected chi connectivity index (χ3v) is 6.10. The van der Waals surface area contributed by atoms with Crippen LogP contribution in [0.25, 0.3) is 10.4 Å². The van der Waals surface area contributed by atoms with Gasteiger partial charge in [0.25, 0.3) is 0 Å². The van der Waals surface area contributed by atoms with E-state index in [0.29, 0.717) is 25.9 Å². The molecule has 2 heterocycles. The molecule has 0 bridgehead atoms. The number of carbonyl (C=O) groups is 2. The summed E-state index contributed by atoms with van der Waals surface area (Å²) in [5.41, 5.74) is 1.70. The van der Waals surface area contributed by atoms with Crippen molar-refractivity contribution in [2.24, 2.45) is 5.41 Å². The molecule has 5 nitrogen and oxygen atoms in total. The van der Waals surface area contributed by atoms with Crippen LogP contribution in [0.1, 0.15) is 25.8 Å². The Morgan fingerprint density at radius 3 is 2.61 bits per heavy atom. The lowest BCUT2D eigenvalue weighted by Gasteiger charge is -2.29. The number of carbonyl (C=O) groups excluding carboxylic acids is 2. The minimum atomic E-state index is -0.599. The number of nitrogens with zero attached hydrogens (tertiary/aromatic N) is 1. The van der Waals surface area contributed by atoms with Crippen LogP contribution in [0.4, 0.5) is 0 Å². The van der Waals surface area contributed by atoms with Gasteiger partial charge in [0.1, 0.15) is 6.61 Å². The first-order chi connectivity index (χ1) is 13.4. The standard InChI is InChI=1S/C22H28N2O3S/c1-16(2)23-21(26)22(10-11-24(15-22)20(25)14-27-3)13-17-6-8-18(9-7-17)19-5-4-12-28-19/h4-9,12,16H,10-11,13-15H2,1-3H3,(H,23,26)/t22-/m1/s1. The molecule has 0 aliphatic carbocycles. The van der Waals surface area contributed by atoms with Crippen LogP contribution in [0.3, 0.4) is 0 Å². The van der Waals surface area contributed by atoms with Crippen LogP contribution in [-0.4, -0.2) is 49.6 Å². The second-order valence-corrected chi connectivity index (χ2v) is 8.71. The highest BCUT2D eigenvalue weighted by atomic mass is 32.1. The Morgan fingerprint density at radius 2 is 2.00 bits per heavy atom. The fourth-order valence-corrected chi connectivity index (χ4v) is 4.48. The van der Waals surface area contributed by atoms with Crippen molar-refractivity contribution < 1.29 is 14.3 Å². The summed E-state index contributed by atoms with van der Waals surface area (Å²) in [7, 11) is 1.52. The number of hydrogen-bond donors (Lipinski definition) is 1. The monoisotopic (exact) mass is 400 g/mol. The predicted octanol–water partition coefficient (Wildman–Crippen LogP) is 3.35. The molecule has 28 heavy (non-hydrogen) atoms. The number of hydrogen-bond acceptors (Lipinski definition) is 4. The van der Waals surface area contributed by atoms with Gasteiger partial charge in [-0.1, -0.05) is 30.3 Å². The normalized spacial score (nSPS) is 19.2. The molecular formula is C22H28N2O3S. The minimum Gasteiger partial charge on any atom is -0.375 e. The first-order valence-corrected chi connectivity index (χ1v) is 10.5. The van der Waals surface area contributed by atoms with Gasteiger partial charge in [0.2, 0.25) is 11.8 Å². The molecule has 2 amide bonds. The lowest BCUT2D eigenvalue weighted by molar-refractivity contribution is -0.136. The molecule has 1 fully saturated rings. The third kappa shape index (κ3) is 4.62. The van der Waals surface area contributed by atoms with E-state index in [0.717, 1.165) is 5.56 Å². The lowest BCUT2D eigenvalue weighted by Crippen LogP contribution is -2.47. The van der Waals surface area contributed by atoms with Gasteiger partial charge in [-0.05, 0) is 49.3 Å². The van der Waals surface area contributed by atoms with Gasteiger partial charge >= 0.3 is 0 Å². The van der Waals surface area contributed by atoms with Crippen molar-refractivity contribution in [3.05, 3.63) is 47.3 Å². The zero-order valence-electron chi connectivity index (χ0n) is 16.7. The lowest BCUT2D eigenvalue weighted by atomic mass is 9.79. The Morgan fingerprint density at radius 1 is 1.25 bits per heavy atom. The molecule has 1 aliphatic rings. The molecule has 6 heteroatoms. The quantitative estimate of drug-likeness (QED) is 0.775. The van der Waals surface area contributed by atoms with Crippen molar-refractivity contribution >= 4 is 23.2 Å². The van der Waals surface area contributed by atoms with Crippen molar-refractivity contribution in [2.45, 2.75) is 32.7 Å². The maximum absolute atomic E-state index is 13.1. The number of amides is 2. The summed E-state index contributed by atoms with van der Waals surface area (Å²) in [5.74, 6) is -0.0349. The van der Waals surface area contributed by atoms with E-state index in [4.69, 9.17) is 4.74 Å². The predicted molar refractivity (Wildman–Crippen MR) is 112 cm³/mol. The molecule has 0 spiro atoms. The summed E-state index contributed by atoms with van der Waals surface area (Å²) < 4.78 is 4.99. The number of rotatable bonds is 7. The van der Waals surface area contributed by atoms with Crippen LogP contribution in [0.2, 0.25) is 0 Å². The van der Waals surface area contributed by atoms with Crippen LogP contribution in [0.15, 0.2) is 41.8 Å². The zero-order chi connectivity index (χ0) is 20.1. The van der Waals surface area contributed by atoms with E-state index >= 15 is 0 Å². The van der Waals surface area contributed by atoms with E-state index in [-0.39, 0.29) is 24.5 Å². The Kier molecular flexibility index (Phi) is 6.52. The molecule has 1 aromatic heterocycles. The van der Waals surface area contributed by atoms with Crippen molar-refractivity contribution in [2.75, 3.05) is 26.8 Å². The zero-order valence-corrected chi connectivity index (χ0v) is 17.6. The Hall–Kier alpha value is -2.18. The molecule has 0 radical (unpaired) electrons. The van der Waals surface area contributed by atoms with Gasteiger partial charge in [-0.25, -0.2) is 0 Å². The van der Waals surface area contributed by atoms with E-state index < -0.39 is 5.41 Å². The van der Waals surface area contributed by atoms with Crippen LogP contribution in [0.5, 0.6) is 0 Å². The smallest absolute Gasteiger partial charge is 0.248 e. The van der Waals surface area contributed by atoms with Crippen molar-refractivity contribution in [3.8, 4) is 10.4 Å². The Labute approximate surface area is 170 Å². The highest BCUT2D eigenvalue weighted by molar-refractivity contribution is 7.13. The summed E-state index contributed by atoms with van der Waals surface area (Å²) in [4.78, 5) is 28.3. The van der Waals surface area contributed by atoms with E-state index in [2.05, 4.69) is 41.0 Å². The molecule has 0 unspecified atom stereocenters. The van der Waals surface area contributed by atoms with Crippen LogP contribution in [-0.2, 0) is 20.7 Å². The van der Waals surface area contributed by atoms with Gasteiger partial charge in [-0.2, -0.15) is 0 Å². The van der Waals surface area contributed by atoms with Crippen LogP contribution < -0.4 is 5.32 Å². The van der Waals surface area contributed by atoms with Crippen molar-refractivity contribution in [1.29, 1.82) is 0 Å². The molecule has 2 aromatic rings. The largest absolute Gasteiger partial charge is 0.375 e. The molecule has 1 saturated heterocycles. The maximum Gasteiger partial charge on any atom is 0.248 e. The fourth-order valence-electron chi connectivity index (χ4n) is 3.75. The SMILES string of the molecule is COCC(=O)N1CC[C@](Cc2ccc(-c3cccs3)cc2)(C(=O)NC(C)C)C1. The number of thiophene rings is 1. The molecular weight excluding hydrogens is 372 g/mol. The average Bonchev–Trinajstić information content (AvgIpc) is 3.33. The molecule has 1 aliphatic heterocycles.